The Morgan fingerprint density at radius 2 is 1.24 bits per heavy atom. The Balaban J connectivity index is 1.67. The maximum atomic E-state index is 6.15. The van der Waals surface area contributed by atoms with Crippen LogP contribution in [0.5, 0.6) is 0 Å². The van der Waals surface area contributed by atoms with Crippen molar-refractivity contribution in [2.24, 2.45) is 0 Å². The summed E-state index contributed by atoms with van der Waals surface area (Å²) in [6, 6.07) is 23.8. The van der Waals surface area contributed by atoms with Gasteiger partial charge in [-0.3, -0.25) is 0 Å². The topological polar surface area (TPSA) is 26.0 Å². The molecule has 0 N–H and O–H groups in total. The van der Waals surface area contributed by atoms with Crippen LogP contribution in [0, 0.1) is 0 Å². The number of fused-ring (bicyclic) bond motifs is 1. The minimum absolute atomic E-state index is 0.699. The lowest BCUT2D eigenvalue weighted by Crippen LogP contribution is -1.94. The summed E-state index contributed by atoms with van der Waals surface area (Å²) in [5.41, 5.74) is 8.21. The molecule has 0 radical (unpaired) electrons. The molecule has 0 spiro atoms. The molecule has 1 aromatic heterocycles. The zero-order chi connectivity index (χ0) is 22.9. The van der Waals surface area contributed by atoms with Gasteiger partial charge in [-0.15, -0.1) is 0 Å². The predicted molar refractivity (Wildman–Crippen MR) is 141 cm³/mol. The molecule has 4 rings (SSSR count). The van der Waals surface area contributed by atoms with Crippen LogP contribution >= 0.6 is 0 Å². The third-order valence-electron chi connectivity index (χ3n) is 6.45. The predicted octanol–water partition coefficient (Wildman–Crippen LogP) is 9.41. The Morgan fingerprint density at radius 3 is 1.88 bits per heavy atom. The second-order valence-electron chi connectivity index (χ2n) is 9.19. The first kappa shape index (κ1) is 23.3. The van der Waals surface area contributed by atoms with Crippen LogP contribution in [0.1, 0.15) is 76.3 Å². The fourth-order valence-corrected chi connectivity index (χ4v) is 4.63. The fraction of sp³-hybridized carbons (Fsp3) is 0.387. The molecule has 2 nitrogen and oxygen atoms in total. The van der Waals surface area contributed by atoms with Gasteiger partial charge >= 0.3 is 0 Å². The molecule has 4 aromatic rings. The van der Waals surface area contributed by atoms with Crippen molar-refractivity contribution in [1.82, 2.24) is 4.98 Å². The van der Waals surface area contributed by atoms with Crippen LogP contribution in [-0.2, 0) is 12.8 Å². The van der Waals surface area contributed by atoms with E-state index in [0.717, 1.165) is 29.5 Å². The van der Waals surface area contributed by atoms with Crippen molar-refractivity contribution in [3.63, 3.8) is 0 Å². The second kappa shape index (κ2) is 11.8. The van der Waals surface area contributed by atoms with Crippen molar-refractivity contribution in [1.29, 1.82) is 0 Å². The highest BCUT2D eigenvalue weighted by atomic mass is 16.3. The number of hydrogen-bond acceptors (Lipinski definition) is 2. The fourth-order valence-electron chi connectivity index (χ4n) is 4.63. The summed E-state index contributed by atoms with van der Waals surface area (Å²) in [6.45, 7) is 4.55. The molecule has 0 aliphatic rings. The Hall–Kier alpha value is -2.87. The third-order valence-corrected chi connectivity index (χ3v) is 6.45. The van der Waals surface area contributed by atoms with E-state index in [1.807, 2.05) is 24.3 Å². The smallest absolute Gasteiger partial charge is 0.227 e. The Labute approximate surface area is 199 Å². The largest absolute Gasteiger partial charge is 0.436 e. The first-order valence-electron chi connectivity index (χ1n) is 12.9. The van der Waals surface area contributed by atoms with Crippen LogP contribution < -0.4 is 0 Å². The van der Waals surface area contributed by atoms with Gasteiger partial charge in [-0.2, -0.15) is 0 Å². The third kappa shape index (κ3) is 6.13. The van der Waals surface area contributed by atoms with Gasteiger partial charge in [0.15, 0.2) is 5.58 Å². The summed E-state index contributed by atoms with van der Waals surface area (Å²) < 4.78 is 6.15. The molecular formula is C31H37NO. The molecule has 0 unspecified atom stereocenters. The van der Waals surface area contributed by atoms with Crippen molar-refractivity contribution in [3.8, 4) is 22.6 Å². The molecule has 0 amide bonds. The number of hydrogen-bond donors (Lipinski definition) is 0. The zero-order valence-corrected chi connectivity index (χ0v) is 20.3. The van der Waals surface area contributed by atoms with Gasteiger partial charge in [0.1, 0.15) is 5.52 Å². The standard InChI is InChI=1S/C31H37NO/c1-3-5-7-9-15-24-21-25(16-10-8-6-4-2)23-26(22-24)27-17-11-12-18-28(27)31-32-29-19-13-14-20-30(29)33-31/h11-14,17-23H,3-10,15-16H2,1-2H3. The summed E-state index contributed by atoms with van der Waals surface area (Å²) in [5.74, 6) is 0.699. The number of nitrogens with zero attached hydrogens (tertiary/aromatic N) is 1. The van der Waals surface area contributed by atoms with Crippen LogP contribution in [0.25, 0.3) is 33.7 Å². The molecule has 0 atom stereocenters. The minimum atomic E-state index is 0.699. The molecule has 3 aromatic carbocycles. The van der Waals surface area contributed by atoms with Crippen molar-refractivity contribution in [2.45, 2.75) is 78.1 Å². The summed E-state index contributed by atoms with van der Waals surface area (Å²) in [5, 5.41) is 0. The maximum Gasteiger partial charge on any atom is 0.227 e. The Morgan fingerprint density at radius 1 is 0.636 bits per heavy atom. The van der Waals surface area contributed by atoms with Crippen LogP contribution in [0.2, 0.25) is 0 Å². The Bertz CT molecular complexity index is 1090. The monoisotopic (exact) mass is 439 g/mol. The molecule has 172 valence electrons. The second-order valence-corrected chi connectivity index (χ2v) is 9.19. The van der Waals surface area contributed by atoms with Crippen molar-refractivity contribution in [2.75, 3.05) is 0 Å². The van der Waals surface area contributed by atoms with E-state index in [1.54, 1.807) is 0 Å². The zero-order valence-electron chi connectivity index (χ0n) is 20.3. The van der Waals surface area contributed by atoms with E-state index in [1.165, 1.54) is 73.6 Å². The summed E-state index contributed by atoms with van der Waals surface area (Å²) in [4.78, 5) is 4.79. The van der Waals surface area contributed by atoms with E-state index in [9.17, 15) is 0 Å². The molecule has 2 heteroatoms. The van der Waals surface area contributed by atoms with E-state index >= 15 is 0 Å². The number of oxazole rings is 1. The number of unbranched alkanes of at least 4 members (excludes halogenated alkanes) is 6. The molecule has 0 aliphatic heterocycles. The van der Waals surface area contributed by atoms with Gasteiger partial charge in [0.2, 0.25) is 5.89 Å². The molecule has 1 heterocycles. The van der Waals surface area contributed by atoms with Crippen LogP contribution in [0.3, 0.4) is 0 Å². The minimum Gasteiger partial charge on any atom is -0.436 e. The Kier molecular flexibility index (Phi) is 8.35. The quantitative estimate of drug-likeness (QED) is 0.205. The van der Waals surface area contributed by atoms with Gasteiger partial charge in [0.05, 0.1) is 0 Å². The van der Waals surface area contributed by atoms with Gasteiger partial charge in [-0.25, -0.2) is 4.98 Å². The molecule has 0 bridgehead atoms. The molecule has 0 saturated heterocycles. The summed E-state index contributed by atoms with van der Waals surface area (Å²) >= 11 is 0. The van der Waals surface area contributed by atoms with E-state index in [2.05, 4.69) is 56.3 Å². The van der Waals surface area contributed by atoms with E-state index < -0.39 is 0 Å². The number of aromatic nitrogens is 1. The van der Waals surface area contributed by atoms with Gasteiger partial charge in [0.25, 0.3) is 0 Å². The highest BCUT2D eigenvalue weighted by molar-refractivity contribution is 5.84. The van der Waals surface area contributed by atoms with E-state index in [0.29, 0.717) is 5.89 Å². The number of rotatable bonds is 12. The van der Waals surface area contributed by atoms with Crippen LogP contribution in [0.15, 0.2) is 71.1 Å². The van der Waals surface area contributed by atoms with Gasteiger partial charge in [0, 0.05) is 5.56 Å². The van der Waals surface area contributed by atoms with Gasteiger partial charge in [-0.1, -0.05) is 101 Å². The average molecular weight is 440 g/mol. The first-order valence-corrected chi connectivity index (χ1v) is 12.9. The number of para-hydroxylation sites is 2. The van der Waals surface area contributed by atoms with Crippen molar-refractivity contribution in [3.05, 3.63) is 77.9 Å². The first-order chi connectivity index (χ1) is 16.3. The van der Waals surface area contributed by atoms with E-state index in [4.69, 9.17) is 9.40 Å². The van der Waals surface area contributed by atoms with Gasteiger partial charge in [-0.05, 0) is 66.1 Å². The highest BCUT2D eigenvalue weighted by Gasteiger charge is 2.14. The molecule has 0 saturated carbocycles. The lowest BCUT2D eigenvalue weighted by Gasteiger charge is -2.13. The van der Waals surface area contributed by atoms with Crippen LogP contribution in [-0.4, -0.2) is 4.98 Å². The lowest BCUT2D eigenvalue weighted by atomic mass is 9.92. The SMILES string of the molecule is CCCCCCc1cc(CCCCCC)cc(-c2ccccc2-c2nc3ccccc3o2)c1. The number of aryl methyl sites for hydroxylation is 2. The normalized spacial score (nSPS) is 11.3. The molecular weight excluding hydrogens is 402 g/mol. The highest BCUT2D eigenvalue weighted by Crippen LogP contribution is 2.34. The average Bonchev–Trinajstić information content (AvgIpc) is 3.29. The van der Waals surface area contributed by atoms with E-state index in [-0.39, 0.29) is 0 Å². The maximum absolute atomic E-state index is 6.15. The van der Waals surface area contributed by atoms with Crippen molar-refractivity contribution < 1.29 is 4.42 Å². The number of benzene rings is 3. The summed E-state index contributed by atoms with van der Waals surface area (Å²) in [7, 11) is 0. The molecule has 33 heavy (non-hydrogen) atoms. The summed E-state index contributed by atoms with van der Waals surface area (Å²) in [6.07, 6.45) is 12.7. The van der Waals surface area contributed by atoms with Gasteiger partial charge < -0.3 is 4.42 Å². The molecule has 0 fully saturated rings. The van der Waals surface area contributed by atoms with Crippen molar-refractivity contribution >= 4 is 11.1 Å². The van der Waals surface area contributed by atoms with Crippen LogP contribution in [0.4, 0.5) is 0 Å². The lowest BCUT2D eigenvalue weighted by molar-refractivity contribution is 0.620. The molecule has 0 aliphatic carbocycles.